The lowest BCUT2D eigenvalue weighted by Crippen LogP contribution is -2.61. The summed E-state index contributed by atoms with van der Waals surface area (Å²) in [6.07, 6.45) is 0. The zero-order valence-electron chi connectivity index (χ0n) is 11.4. The molecule has 1 fully saturated rings. The zero-order valence-corrected chi connectivity index (χ0v) is 11.4. The molecule has 0 aliphatic carbocycles. The molecule has 1 rings (SSSR count). The van der Waals surface area contributed by atoms with Crippen molar-refractivity contribution in [3.63, 3.8) is 0 Å². The van der Waals surface area contributed by atoms with Gasteiger partial charge in [0.05, 0.1) is 0 Å². The van der Waals surface area contributed by atoms with E-state index in [1.165, 1.54) is 0 Å². The van der Waals surface area contributed by atoms with Crippen LogP contribution in [0.2, 0.25) is 0 Å². The average Bonchev–Trinajstić information content (AvgIpc) is 2.14. The van der Waals surface area contributed by atoms with E-state index < -0.39 is 0 Å². The zero-order chi connectivity index (χ0) is 12.5. The number of nitrogens with zero attached hydrogens (tertiary/aromatic N) is 3. The molecule has 0 aromatic heterocycles. The number of urea groups is 1. The molecule has 4 nitrogen and oxygen atoms in total. The Morgan fingerprint density at radius 2 is 1.62 bits per heavy atom. The van der Waals surface area contributed by atoms with Crippen molar-refractivity contribution in [2.24, 2.45) is 0 Å². The predicted octanol–water partition coefficient (Wildman–Crippen LogP) is 1.47. The maximum atomic E-state index is 11.9. The molecule has 0 N–H and O–H groups in total. The normalized spacial score (nSPS) is 27.3. The molecular formula is C12H25N3O. The van der Waals surface area contributed by atoms with Crippen molar-refractivity contribution in [3.05, 3.63) is 0 Å². The van der Waals surface area contributed by atoms with Gasteiger partial charge in [0.1, 0.15) is 0 Å². The Hall–Kier alpha value is -0.770. The van der Waals surface area contributed by atoms with Gasteiger partial charge in [-0.15, -0.1) is 0 Å². The van der Waals surface area contributed by atoms with Crippen LogP contribution >= 0.6 is 0 Å². The summed E-state index contributed by atoms with van der Waals surface area (Å²) in [5.74, 6) is 0. The topological polar surface area (TPSA) is 26.8 Å². The Kier molecular flexibility index (Phi) is 4.19. The lowest BCUT2D eigenvalue weighted by Gasteiger charge is -2.47. The van der Waals surface area contributed by atoms with Gasteiger partial charge in [-0.3, -0.25) is 4.90 Å². The third kappa shape index (κ3) is 2.67. The summed E-state index contributed by atoms with van der Waals surface area (Å²) in [4.78, 5) is 18.0. The van der Waals surface area contributed by atoms with E-state index in [0.29, 0.717) is 18.1 Å². The van der Waals surface area contributed by atoms with Gasteiger partial charge in [0.15, 0.2) is 0 Å². The van der Waals surface area contributed by atoms with E-state index in [4.69, 9.17) is 0 Å². The molecule has 0 bridgehead atoms. The van der Waals surface area contributed by atoms with Gasteiger partial charge >= 0.3 is 6.03 Å². The fourth-order valence-corrected chi connectivity index (χ4v) is 2.79. The van der Waals surface area contributed by atoms with Crippen molar-refractivity contribution in [1.82, 2.24) is 14.7 Å². The third-order valence-electron chi connectivity index (χ3n) is 3.24. The monoisotopic (exact) mass is 227 g/mol. The van der Waals surface area contributed by atoms with Gasteiger partial charge in [0.2, 0.25) is 0 Å². The van der Waals surface area contributed by atoms with E-state index in [9.17, 15) is 4.79 Å². The van der Waals surface area contributed by atoms with Gasteiger partial charge in [-0.1, -0.05) is 0 Å². The van der Waals surface area contributed by atoms with Crippen molar-refractivity contribution in [2.45, 2.75) is 45.8 Å². The highest BCUT2D eigenvalue weighted by Crippen LogP contribution is 2.19. The Morgan fingerprint density at radius 3 is 1.94 bits per heavy atom. The quantitative estimate of drug-likeness (QED) is 0.678. The predicted molar refractivity (Wildman–Crippen MR) is 66.6 cm³/mol. The SMILES string of the molecule is CC(C)N1[C@H](C)CN(C(=O)N(C)C)C[C@@H]1C. The minimum absolute atomic E-state index is 0.127. The first-order chi connectivity index (χ1) is 7.34. The number of rotatable bonds is 1. The summed E-state index contributed by atoms with van der Waals surface area (Å²) < 4.78 is 0. The number of hydrogen-bond donors (Lipinski definition) is 0. The van der Waals surface area contributed by atoms with Crippen LogP contribution in [0.5, 0.6) is 0 Å². The molecular weight excluding hydrogens is 202 g/mol. The Balaban J connectivity index is 2.69. The van der Waals surface area contributed by atoms with E-state index >= 15 is 0 Å². The molecule has 4 heteroatoms. The van der Waals surface area contributed by atoms with E-state index in [-0.39, 0.29) is 6.03 Å². The minimum atomic E-state index is 0.127. The third-order valence-corrected chi connectivity index (χ3v) is 3.24. The first-order valence-corrected chi connectivity index (χ1v) is 6.08. The molecule has 16 heavy (non-hydrogen) atoms. The minimum Gasteiger partial charge on any atom is -0.331 e. The van der Waals surface area contributed by atoms with E-state index in [2.05, 4.69) is 32.6 Å². The molecule has 0 spiro atoms. The van der Waals surface area contributed by atoms with Crippen molar-refractivity contribution in [1.29, 1.82) is 0 Å². The number of piperazine rings is 1. The van der Waals surface area contributed by atoms with Crippen LogP contribution < -0.4 is 0 Å². The van der Waals surface area contributed by atoms with Crippen LogP contribution in [0.15, 0.2) is 0 Å². The largest absolute Gasteiger partial charge is 0.331 e. The second-order valence-corrected chi connectivity index (χ2v) is 5.32. The Bertz CT molecular complexity index is 241. The summed E-state index contributed by atoms with van der Waals surface area (Å²) in [6.45, 7) is 10.5. The number of hydrogen-bond acceptors (Lipinski definition) is 2. The summed E-state index contributed by atoms with van der Waals surface area (Å²) >= 11 is 0. The van der Waals surface area contributed by atoms with Crippen LogP contribution in [-0.4, -0.2) is 66.0 Å². The number of carbonyl (C=O) groups is 1. The van der Waals surface area contributed by atoms with Crippen LogP contribution in [0.1, 0.15) is 27.7 Å². The lowest BCUT2D eigenvalue weighted by atomic mass is 10.1. The van der Waals surface area contributed by atoms with Crippen molar-refractivity contribution >= 4 is 6.03 Å². The van der Waals surface area contributed by atoms with E-state index in [1.807, 2.05) is 19.0 Å². The molecule has 2 amide bonds. The Labute approximate surface area is 99.2 Å². The highest BCUT2D eigenvalue weighted by atomic mass is 16.2. The molecule has 1 aliphatic heterocycles. The van der Waals surface area contributed by atoms with Crippen molar-refractivity contribution < 1.29 is 4.79 Å². The highest BCUT2D eigenvalue weighted by molar-refractivity contribution is 5.74. The smallest absolute Gasteiger partial charge is 0.319 e. The molecule has 1 aliphatic rings. The van der Waals surface area contributed by atoms with Crippen LogP contribution in [0, 0.1) is 0 Å². The molecule has 94 valence electrons. The summed E-state index contributed by atoms with van der Waals surface area (Å²) in [5.41, 5.74) is 0. The Morgan fingerprint density at radius 1 is 1.19 bits per heavy atom. The number of amides is 2. The fourth-order valence-electron chi connectivity index (χ4n) is 2.79. The molecule has 1 saturated heterocycles. The molecule has 0 unspecified atom stereocenters. The standard InChI is InChI=1S/C12H25N3O/c1-9(2)15-10(3)7-14(8-11(15)4)12(16)13(5)6/h9-11H,7-8H2,1-6H3/t10-,11+. The summed E-state index contributed by atoms with van der Waals surface area (Å²) in [5, 5.41) is 0. The molecule has 0 saturated carbocycles. The first kappa shape index (κ1) is 13.3. The van der Waals surface area contributed by atoms with Crippen LogP contribution in [-0.2, 0) is 0 Å². The molecule has 2 atom stereocenters. The highest BCUT2D eigenvalue weighted by Gasteiger charge is 2.33. The molecule has 0 aromatic carbocycles. The molecule has 1 heterocycles. The second-order valence-electron chi connectivity index (χ2n) is 5.32. The first-order valence-electron chi connectivity index (χ1n) is 6.08. The van der Waals surface area contributed by atoms with Gasteiger partial charge in [-0.25, -0.2) is 4.79 Å². The molecule has 0 aromatic rings. The average molecular weight is 227 g/mol. The molecule has 0 radical (unpaired) electrons. The van der Waals surface area contributed by atoms with Crippen LogP contribution in [0.3, 0.4) is 0 Å². The van der Waals surface area contributed by atoms with Crippen molar-refractivity contribution in [3.8, 4) is 0 Å². The maximum Gasteiger partial charge on any atom is 0.319 e. The lowest BCUT2D eigenvalue weighted by molar-refractivity contribution is 0.0269. The summed E-state index contributed by atoms with van der Waals surface area (Å²) in [7, 11) is 3.62. The van der Waals surface area contributed by atoms with E-state index in [1.54, 1.807) is 4.90 Å². The summed E-state index contributed by atoms with van der Waals surface area (Å²) in [6, 6.07) is 1.55. The van der Waals surface area contributed by atoms with Gasteiger partial charge in [-0.2, -0.15) is 0 Å². The maximum absolute atomic E-state index is 11.9. The second kappa shape index (κ2) is 5.04. The van der Waals surface area contributed by atoms with Crippen LogP contribution in [0.4, 0.5) is 4.79 Å². The van der Waals surface area contributed by atoms with Gasteiger partial charge in [0.25, 0.3) is 0 Å². The van der Waals surface area contributed by atoms with Gasteiger partial charge in [-0.05, 0) is 27.7 Å². The van der Waals surface area contributed by atoms with Gasteiger partial charge < -0.3 is 9.80 Å². The van der Waals surface area contributed by atoms with Gasteiger partial charge in [0, 0.05) is 45.3 Å². The fraction of sp³-hybridized carbons (Fsp3) is 0.917. The number of carbonyl (C=O) groups excluding carboxylic acids is 1. The van der Waals surface area contributed by atoms with Crippen molar-refractivity contribution in [2.75, 3.05) is 27.2 Å². The van der Waals surface area contributed by atoms with E-state index in [0.717, 1.165) is 13.1 Å². The van der Waals surface area contributed by atoms with Crippen LogP contribution in [0.25, 0.3) is 0 Å².